The van der Waals surface area contributed by atoms with Gasteiger partial charge in [-0.15, -0.1) is 0 Å². The van der Waals surface area contributed by atoms with E-state index in [9.17, 15) is 19.2 Å². The summed E-state index contributed by atoms with van der Waals surface area (Å²) in [4.78, 5) is 52.7. The molecule has 2 bridgehead atoms. The van der Waals surface area contributed by atoms with Crippen molar-refractivity contribution >= 4 is 23.5 Å². The van der Waals surface area contributed by atoms with E-state index in [1.807, 2.05) is 13.8 Å². The van der Waals surface area contributed by atoms with Gasteiger partial charge in [-0.1, -0.05) is 31.1 Å². The molecule has 7 aliphatic rings. The largest absolute Gasteiger partial charge is 0.461 e. The van der Waals surface area contributed by atoms with Gasteiger partial charge < -0.3 is 9.47 Å². The first-order valence-electron chi connectivity index (χ1n) is 13.0. The number of hydrogen-bond donors (Lipinski definition) is 0. The van der Waals surface area contributed by atoms with Gasteiger partial charge in [0.15, 0.2) is 0 Å². The van der Waals surface area contributed by atoms with Crippen molar-refractivity contribution < 1.29 is 28.7 Å². The zero-order valence-corrected chi connectivity index (χ0v) is 20.2. The first-order valence-corrected chi connectivity index (χ1v) is 13.0. The van der Waals surface area contributed by atoms with Gasteiger partial charge in [0.1, 0.15) is 23.8 Å². The summed E-state index contributed by atoms with van der Waals surface area (Å²) >= 11 is 0. The first kappa shape index (κ1) is 21.1. The van der Waals surface area contributed by atoms with Gasteiger partial charge >= 0.3 is 11.9 Å². The summed E-state index contributed by atoms with van der Waals surface area (Å²) < 4.78 is 12.1. The smallest absolute Gasteiger partial charge is 0.309 e. The fourth-order valence-corrected chi connectivity index (χ4v) is 9.94. The third-order valence-corrected chi connectivity index (χ3v) is 11.2. The number of esters is 2. The molecule has 2 saturated heterocycles. The number of carbonyl (C=O) groups excluding carboxylic acids is 4. The highest BCUT2D eigenvalue weighted by molar-refractivity contribution is 5.90. The van der Waals surface area contributed by atoms with Crippen molar-refractivity contribution in [3.63, 3.8) is 0 Å². The third kappa shape index (κ3) is 2.12. The Morgan fingerprint density at radius 1 is 0.853 bits per heavy atom. The average Bonchev–Trinajstić information content (AvgIpc) is 3.47. The monoisotopic (exact) mass is 464 g/mol. The molecule has 0 spiro atoms. The first-order chi connectivity index (χ1) is 16.2. The van der Waals surface area contributed by atoms with Crippen LogP contribution in [0, 0.1) is 58.7 Å². The van der Waals surface area contributed by atoms with Crippen LogP contribution in [0.5, 0.6) is 0 Å². The maximum atomic E-state index is 13.7. The molecule has 7 rings (SSSR count). The Labute approximate surface area is 199 Å². The van der Waals surface area contributed by atoms with Crippen molar-refractivity contribution in [1.29, 1.82) is 0 Å². The molecular weight excluding hydrogens is 432 g/mol. The molecule has 0 amide bonds. The lowest BCUT2D eigenvalue weighted by Gasteiger charge is -2.44. The van der Waals surface area contributed by atoms with Crippen LogP contribution in [-0.4, -0.2) is 35.7 Å². The minimum Gasteiger partial charge on any atom is -0.461 e. The van der Waals surface area contributed by atoms with Gasteiger partial charge in [0.2, 0.25) is 0 Å². The predicted molar refractivity (Wildman–Crippen MR) is 120 cm³/mol. The van der Waals surface area contributed by atoms with Crippen LogP contribution in [0.3, 0.4) is 0 Å². The number of fused-ring (bicyclic) bond motifs is 7. The van der Waals surface area contributed by atoms with Gasteiger partial charge in [0.25, 0.3) is 0 Å². The molecular formula is C28H32O6. The highest BCUT2D eigenvalue weighted by Crippen LogP contribution is 2.75. The number of Topliss-reactive ketones (excluding diaryl/α,β-unsaturated/α-hetero) is 2. The molecule has 5 aliphatic carbocycles. The fourth-order valence-electron chi connectivity index (χ4n) is 9.94. The second-order valence-corrected chi connectivity index (χ2v) is 12.1. The Bertz CT molecular complexity index is 1130. The Morgan fingerprint density at radius 3 is 2.26 bits per heavy atom. The normalized spacial score (nSPS) is 52.8. The average molecular weight is 465 g/mol. The van der Waals surface area contributed by atoms with Gasteiger partial charge in [-0.3, -0.25) is 19.2 Å². The number of carbonyl (C=O) groups is 4. The summed E-state index contributed by atoms with van der Waals surface area (Å²) in [5.74, 6) is -0.847. The zero-order valence-electron chi connectivity index (χ0n) is 20.2. The molecule has 34 heavy (non-hydrogen) atoms. The highest BCUT2D eigenvalue weighted by Gasteiger charge is 2.77. The standard InChI is InChI=1S/C28H32O6/c1-10-9-16-20-21-17(29)7-5-14-11(2)26(31)33-24(14)19(21)13(4)22(20)28(10)23(16)18(30)8-6-15-12(3)27(32)34-25(15)28/h9,11-12,14-16,20-25H,5-8H2,1-4H3/t11-,12-,14-,15-,16+,20+,21-,22-,23-,24-,25-,28+/m0/s1. The summed E-state index contributed by atoms with van der Waals surface area (Å²) in [5.41, 5.74) is 2.69. The van der Waals surface area contributed by atoms with Crippen LogP contribution in [0.2, 0.25) is 0 Å². The number of rotatable bonds is 0. The molecule has 0 aromatic carbocycles. The lowest BCUT2D eigenvalue weighted by Crippen LogP contribution is -2.48. The lowest BCUT2D eigenvalue weighted by molar-refractivity contribution is -0.151. The summed E-state index contributed by atoms with van der Waals surface area (Å²) in [7, 11) is 0. The van der Waals surface area contributed by atoms with Crippen LogP contribution in [0.4, 0.5) is 0 Å². The molecule has 12 atom stereocenters. The van der Waals surface area contributed by atoms with Crippen LogP contribution in [-0.2, 0) is 28.7 Å². The SMILES string of the molecule is CC1=C[C@@H]2[C@@H]3[C@H]4C(=O)CC[C@H]5[C@H](C)C(=O)O[C@@H]5C4=C(C)[C@@H]3[C@@]13[C@@H]2C(=O)CC[C@H]1[C@H](C)C(=O)O[C@@H]13. The Morgan fingerprint density at radius 2 is 1.50 bits per heavy atom. The minimum atomic E-state index is -0.582. The van der Waals surface area contributed by atoms with E-state index in [0.717, 1.165) is 16.7 Å². The maximum absolute atomic E-state index is 13.7. The molecule has 0 aromatic heterocycles. The van der Waals surface area contributed by atoms with E-state index in [1.54, 1.807) is 0 Å². The minimum absolute atomic E-state index is 0.0122. The molecule has 0 aromatic rings. The van der Waals surface area contributed by atoms with Gasteiger partial charge in [-0.05, 0) is 50.0 Å². The molecule has 180 valence electrons. The highest BCUT2D eigenvalue weighted by atomic mass is 16.6. The van der Waals surface area contributed by atoms with E-state index in [2.05, 4.69) is 19.9 Å². The van der Waals surface area contributed by atoms with Crippen LogP contribution >= 0.6 is 0 Å². The summed E-state index contributed by atoms with van der Waals surface area (Å²) in [6.45, 7) is 8.05. The van der Waals surface area contributed by atoms with E-state index in [0.29, 0.717) is 25.7 Å². The summed E-state index contributed by atoms with van der Waals surface area (Å²) in [5, 5.41) is 0. The molecule has 0 N–H and O–H groups in total. The second-order valence-electron chi connectivity index (χ2n) is 12.1. The van der Waals surface area contributed by atoms with Gasteiger partial charge in [-0.25, -0.2) is 0 Å². The van der Waals surface area contributed by atoms with Gasteiger partial charge in [0, 0.05) is 41.9 Å². The third-order valence-electron chi connectivity index (χ3n) is 11.2. The maximum Gasteiger partial charge on any atom is 0.309 e. The fraction of sp³-hybridized carbons (Fsp3) is 0.714. The van der Waals surface area contributed by atoms with Crippen molar-refractivity contribution in [2.24, 2.45) is 58.7 Å². The molecule has 6 nitrogen and oxygen atoms in total. The van der Waals surface area contributed by atoms with E-state index >= 15 is 0 Å². The number of hydrogen-bond acceptors (Lipinski definition) is 6. The Kier molecular flexibility index (Phi) is 4.03. The van der Waals surface area contributed by atoms with Crippen LogP contribution in [0.1, 0.15) is 53.4 Å². The van der Waals surface area contributed by atoms with Crippen LogP contribution in [0.15, 0.2) is 22.8 Å². The van der Waals surface area contributed by atoms with E-state index in [-0.39, 0.29) is 89.0 Å². The van der Waals surface area contributed by atoms with Crippen molar-refractivity contribution in [3.05, 3.63) is 22.8 Å². The summed E-state index contributed by atoms with van der Waals surface area (Å²) in [6.07, 6.45) is 3.83. The quantitative estimate of drug-likeness (QED) is 0.403. The molecule has 3 saturated carbocycles. The number of ketones is 2. The van der Waals surface area contributed by atoms with E-state index < -0.39 is 5.41 Å². The molecule has 2 heterocycles. The predicted octanol–water partition coefficient (Wildman–Crippen LogP) is 3.44. The molecule has 0 unspecified atom stereocenters. The van der Waals surface area contributed by atoms with E-state index in [1.165, 1.54) is 0 Å². The second kappa shape index (κ2) is 6.50. The van der Waals surface area contributed by atoms with Crippen LogP contribution < -0.4 is 0 Å². The topological polar surface area (TPSA) is 86.7 Å². The van der Waals surface area contributed by atoms with Crippen molar-refractivity contribution in [2.75, 3.05) is 0 Å². The summed E-state index contributed by atoms with van der Waals surface area (Å²) in [6, 6.07) is 0. The van der Waals surface area contributed by atoms with E-state index in [4.69, 9.17) is 9.47 Å². The van der Waals surface area contributed by atoms with Gasteiger partial charge in [-0.2, -0.15) is 0 Å². The van der Waals surface area contributed by atoms with Crippen molar-refractivity contribution in [2.45, 2.75) is 65.6 Å². The number of ether oxygens (including phenoxy) is 2. The lowest BCUT2D eigenvalue weighted by atomic mass is 9.59. The molecule has 2 aliphatic heterocycles. The zero-order chi connectivity index (χ0) is 23.8. The van der Waals surface area contributed by atoms with Crippen LogP contribution in [0.25, 0.3) is 0 Å². The van der Waals surface area contributed by atoms with Gasteiger partial charge in [0.05, 0.1) is 11.8 Å². The molecule has 5 fully saturated rings. The molecule has 6 heteroatoms. The number of allylic oxidation sites excluding steroid dienone is 2. The van der Waals surface area contributed by atoms with Crippen molar-refractivity contribution in [1.82, 2.24) is 0 Å². The Hall–Kier alpha value is -2.24. The van der Waals surface area contributed by atoms with Crippen molar-refractivity contribution in [3.8, 4) is 0 Å². The Balaban J connectivity index is 1.45. The molecule has 0 radical (unpaired) electrons.